The van der Waals surface area contributed by atoms with E-state index in [1.807, 2.05) is 6.07 Å². The Morgan fingerprint density at radius 3 is 2.77 bits per heavy atom. The molecule has 1 amide bonds. The number of alkyl halides is 3. The Morgan fingerprint density at radius 2 is 2.14 bits per heavy atom. The van der Waals surface area contributed by atoms with Crippen molar-refractivity contribution < 1.29 is 22.7 Å². The summed E-state index contributed by atoms with van der Waals surface area (Å²) in [7, 11) is 1.54. The van der Waals surface area contributed by atoms with E-state index in [4.69, 9.17) is 4.74 Å². The zero-order valence-electron chi connectivity index (χ0n) is 11.8. The maximum Gasteiger partial charge on any atom is 0.471 e. The van der Waals surface area contributed by atoms with Crippen molar-refractivity contribution >= 4 is 22.5 Å². The molecule has 0 bridgehead atoms. The summed E-state index contributed by atoms with van der Waals surface area (Å²) >= 11 is 0. The monoisotopic (exact) mass is 310 g/mol. The number of rotatable bonds is 1. The lowest BCUT2D eigenvalue weighted by atomic mass is 10.0. The average molecular weight is 310 g/mol. The fraction of sp³-hybridized carbons (Fsp3) is 0.267. The molecule has 0 saturated heterocycles. The maximum absolute atomic E-state index is 12.6. The topological polar surface area (TPSA) is 45.3 Å². The molecule has 2 heterocycles. The molecule has 1 aromatic heterocycles. The Kier molecular flexibility index (Phi) is 3.16. The van der Waals surface area contributed by atoms with Gasteiger partial charge in [-0.1, -0.05) is 6.58 Å². The minimum Gasteiger partial charge on any atom is -0.497 e. The molecule has 116 valence electrons. The minimum atomic E-state index is -4.91. The molecule has 0 atom stereocenters. The van der Waals surface area contributed by atoms with Gasteiger partial charge in [0.05, 0.1) is 18.5 Å². The van der Waals surface area contributed by atoms with Crippen LogP contribution in [0.15, 0.2) is 24.8 Å². The first-order valence-corrected chi connectivity index (χ1v) is 6.59. The molecular formula is C15H13F3N2O2. The van der Waals surface area contributed by atoms with E-state index in [2.05, 4.69) is 11.6 Å². The third-order valence-electron chi connectivity index (χ3n) is 3.80. The molecule has 3 rings (SSSR count). The van der Waals surface area contributed by atoms with Gasteiger partial charge in [0.15, 0.2) is 0 Å². The smallest absolute Gasteiger partial charge is 0.471 e. The van der Waals surface area contributed by atoms with Gasteiger partial charge in [0, 0.05) is 17.4 Å². The van der Waals surface area contributed by atoms with Crippen LogP contribution < -0.4 is 4.74 Å². The summed E-state index contributed by atoms with van der Waals surface area (Å²) in [5.74, 6) is -1.23. The highest BCUT2D eigenvalue weighted by Crippen LogP contribution is 2.36. The number of carbonyl (C=O) groups is 1. The number of fused-ring (bicyclic) bond motifs is 3. The molecule has 0 aliphatic carbocycles. The van der Waals surface area contributed by atoms with Crippen molar-refractivity contribution in [1.82, 2.24) is 9.88 Å². The van der Waals surface area contributed by atoms with E-state index in [0.717, 1.165) is 16.5 Å². The van der Waals surface area contributed by atoms with Crippen molar-refractivity contribution in [3.05, 3.63) is 36.0 Å². The van der Waals surface area contributed by atoms with Crippen molar-refractivity contribution in [1.29, 1.82) is 0 Å². The highest BCUT2D eigenvalue weighted by molar-refractivity contribution is 5.96. The van der Waals surface area contributed by atoms with Gasteiger partial charge < -0.3 is 14.6 Å². The molecule has 1 aliphatic rings. The van der Waals surface area contributed by atoms with Gasteiger partial charge in [-0.2, -0.15) is 13.2 Å². The second-order valence-corrected chi connectivity index (χ2v) is 5.04. The van der Waals surface area contributed by atoms with Gasteiger partial charge >= 0.3 is 12.1 Å². The van der Waals surface area contributed by atoms with E-state index in [1.54, 1.807) is 19.2 Å². The molecule has 2 aromatic rings. The van der Waals surface area contributed by atoms with Gasteiger partial charge in [-0.25, -0.2) is 0 Å². The molecule has 0 fully saturated rings. The lowest BCUT2D eigenvalue weighted by Crippen LogP contribution is -2.42. The summed E-state index contributed by atoms with van der Waals surface area (Å²) in [6, 6.07) is 5.36. The molecule has 0 spiro atoms. The largest absolute Gasteiger partial charge is 0.497 e. The summed E-state index contributed by atoms with van der Waals surface area (Å²) in [5, 5.41) is 0.870. The van der Waals surface area contributed by atoms with Crippen molar-refractivity contribution in [2.75, 3.05) is 13.7 Å². The van der Waals surface area contributed by atoms with Gasteiger partial charge in [-0.3, -0.25) is 4.79 Å². The van der Waals surface area contributed by atoms with E-state index in [0.29, 0.717) is 22.8 Å². The number of nitrogens with one attached hydrogen (secondary N) is 1. The molecule has 7 heteroatoms. The highest BCUT2D eigenvalue weighted by Gasteiger charge is 2.44. The van der Waals surface area contributed by atoms with Crippen LogP contribution in [0.2, 0.25) is 0 Å². The summed E-state index contributed by atoms with van der Waals surface area (Å²) in [5.41, 5.74) is 2.13. The minimum absolute atomic E-state index is 0.0405. The van der Waals surface area contributed by atoms with Crippen LogP contribution in [0.5, 0.6) is 5.75 Å². The van der Waals surface area contributed by atoms with E-state index in [9.17, 15) is 18.0 Å². The van der Waals surface area contributed by atoms with Crippen LogP contribution in [-0.2, 0) is 11.2 Å². The van der Waals surface area contributed by atoms with Crippen LogP contribution in [0.25, 0.3) is 16.6 Å². The first-order valence-electron chi connectivity index (χ1n) is 6.59. The zero-order valence-corrected chi connectivity index (χ0v) is 11.8. The number of benzene rings is 1. The number of hydrogen-bond donors (Lipinski definition) is 1. The van der Waals surface area contributed by atoms with Gasteiger partial charge in [0.25, 0.3) is 0 Å². The molecule has 22 heavy (non-hydrogen) atoms. The Bertz CT molecular complexity index is 777. The molecule has 4 nitrogen and oxygen atoms in total. The molecule has 0 saturated carbocycles. The fourth-order valence-corrected chi connectivity index (χ4v) is 2.73. The number of carbonyl (C=O) groups excluding carboxylic acids is 1. The number of amides is 1. The second kappa shape index (κ2) is 4.79. The molecule has 1 N–H and O–H groups in total. The van der Waals surface area contributed by atoms with Gasteiger partial charge in [-0.05, 0) is 30.2 Å². The summed E-state index contributed by atoms with van der Waals surface area (Å²) in [6.07, 6.45) is -4.58. The van der Waals surface area contributed by atoms with Crippen LogP contribution in [-0.4, -0.2) is 35.6 Å². The second-order valence-electron chi connectivity index (χ2n) is 5.04. The Balaban J connectivity index is 2.05. The molecular weight excluding hydrogens is 297 g/mol. The Labute approximate surface area is 124 Å². The van der Waals surface area contributed by atoms with Crippen molar-refractivity contribution in [3.8, 4) is 5.75 Å². The van der Waals surface area contributed by atoms with E-state index < -0.39 is 12.1 Å². The predicted molar refractivity (Wildman–Crippen MR) is 75.4 cm³/mol. The zero-order chi connectivity index (χ0) is 16.1. The fourth-order valence-electron chi connectivity index (χ4n) is 2.73. The predicted octanol–water partition coefficient (Wildman–Crippen LogP) is 3.09. The summed E-state index contributed by atoms with van der Waals surface area (Å²) in [4.78, 5) is 15.2. The third kappa shape index (κ3) is 2.13. The number of H-pyrrole nitrogens is 1. The Hall–Kier alpha value is -2.44. The number of hydrogen-bond acceptors (Lipinski definition) is 2. The lowest BCUT2D eigenvalue weighted by Gasteiger charge is -2.29. The standard InChI is InChI=1S/C15H13F3N2O2/c1-8-13-10(5-6-20(8)14(21)15(16,17)18)11-7-9(22-2)3-4-12(11)19-13/h3-4,7,19H,1,5-6H2,2H3. The molecule has 1 aromatic carbocycles. The van der Waals surface area contributed by atoms with Crippen molar-refractivity contribution in [2.45, 2.75) is 12.6 Å². The molecule has 0 radical (unpaired) electrons. The summed E-state index contributed by atoms with van der Waals surface area (Å²) in [6.45, 7) is 3.60. The van der Waals surface area contributed by atoms with Crippen molar-refractivity contribution in [2.24, 2.45) is 0 Å². The average Bonchev–Trinajstić information content (AvgIpc) is 2.84. The van der Waals surface area contributed by atoms with Crippen molar-refractivity contribution in [3.63, 3.8) is 0 Å². The third-order valence-corrected chi connectivity index (χ3v) is 3.80. The van der Waals surface area contributed by atoms with Gasteiger partial charge in [-0.15, -0.1) is 0 Å². The van der Waals surface area contributed by atoms with Gasteiger partial charge in [0.2, 0.25) is 0 Å². The number of halogens is 3. The SMILES string of the molecule is C=C1c2[nH]c3ccc(OC)cc3c2CCN1C(=O)C(F)(F)F. The van der Waals surface area contributed by atoms with Crippen LogP contribution in [0, 0.1) is 0 Å². The maximum atomic E-state index is 12.6. The van der Waals surface area contributed by atoms with Crippen LogP contribution >= 0.6 is 0 Å². The summed E-state index contributed by atoms with van der Waals surface area (Å²) < 4.78 is 43.0. The number of methoxy groups -OCH3 is 1. The van der Waals surface area contributed by atoms with E-state index >= 15 is 0 Å². The van der Waals surface area contributed by atoms with Crippen LogP contribution in [0.3, 0.4) is 0 Å². The van der Waals surface area contributed by atoms with Gasteiger partial charge in [0.1, 0.15) is 5.75 Å². The van der Waals surface area contributed by atoms with E-state index in [-0.39, 0.29) is 12.2 Å². The first-order chi connectivity index (χ1) is 10.3. The number of nitrogens with zero attached hydrogens (tertiary/aromatic N) is 1. The molecule has 0 unspecified atom stereocenters. The lowest BCUT2D eigenvalue weighted by molar-refractivity contribution is -0.182. The number of aromatic amines is 1. The first kappa shape index (κ1) is 14.5. The Morgan fingerprint density at radius 1 is 1.41 bits per heavy atom. The highest BCUT2D eigenvalue weighted by atomic mass is 19.4. The van der Waals surface area contributed by atoms with E-state index in [1.165, 1.54) is 0 Å². The normalized spacial score (nSPS) is 15.1. The van der Waals surface area contributed by atoms with Crippen LogP contribution in [0.1, 0.15) is 11.3 Å². The number of ether oxygens (including phenoxy) is 1. The number of aromatic nitrogens is 1. The quantitative estimate of drug-likeness (QED) is 0.880. The molecule has 1 aliphatic heterocycles. The van der Waals surface area contributed by atoms with Crippen LogP contribution in [0.4, 0.5) is 13.2 Å².